The van der Waals surface area contributed by atoms with Crippen molar-refractivity contribution in [2.24, 2.45) is 0 Å². The second kappa shape index (κ2) is 4.92. The summed E-state index contributed by atoms with van der Waals surface area (Å²) in [6, 6.07) is 14.4. The Labute approximate surface area is 138 Å². The molecular weight excluding hydrogens is 300 g/mol. The molecule has 6 nitrogen and oxygen atoms in total. The van der Waals surface area contributed by atoms with Gasteiger partial charge in [0.1, 0.15) is 12.1 Å². The normalized spacial score (nSPS) is 14.2. The molecule has 0 bridgehead atoms. The van der Waals surface area contributed by atoms with Crippen LogP contribution in [0.5, 0.6) is 0 Å². The number of nitrogens with two attached hydrogens (primary N) is 1. The van der Waals surface area contributed by atoms with Crippen molar-refractivity contribution < 1.29 is 0 Å². The first-order valence-corrected chi connectivity index (χ1v) is 8.06. The van der Waals surface area contributed by atoms with Crippen LogP contribution >= 0.6 is 0 Å². The molecule has 118 valence electrons. The SMILES string of the molecule is Nc1ccc2c(N3CCCc4ccccc43)nc3nncn3c2c1. The van der Waals surface area contributed by atoms with Crippen molar-refractivity contribution in [2.45, 2.75) is 12.8 Å². The van der Waals surface area contributed by atoms with Gasteiger partial charge in [-0.1, -0.05) is 18.2 Å². The van der Waals surface area contributed by atoms with Crippen LogP contribution < -0.4 is 10.6 Å². The van der Waals surface area contributed by atoms with Crippen molar-refractivity contribution in [3.8, 4) is 0 Å². The molecule has 3 heterocycles. The summed E-state index contributed by atoms with van der Waals surface area (Å²) in [6.07, 6.45) is 3.88. The zero-order valence-electron chi connectivity index (χ0n) is 13.1. The molecule has 0 atom stereocenters. The van der Waals surface area contributed by atoms with E-state index >= 15 is 0 Å². The maximum absolute atomic E-state index is 6.00. The fraction of sp³-hybridized carbons (Fsp3) is 0.167. The third kappa shape index (κ3) is 1.86. The molecule has 0 saturated carbocycles. The highest BCUT2D eigenvalue weighted by Gasteiger charge is 2.22. The summed E-state index contributed by atoms with van der Waals surface area (Å²) in [5, 5.41) is 9.20. The van der Waals surface area contributed by atoms with Gasteiger partial charge in [0, 0.05) is 23.3 Å². The van der Waals surface area contributed by atoms with E-state index in [4.69, 9.17) is 10.7 Å². The van der Waals surface area contributed by atoms with Crippen LogP contribution in [0.15, 0.2) is 48.8 Å². The molecule has 6 heteroatoms. The predicted octanol–water partition coefficient (Wildman–Crippen LogP) is 2.94. The van der Waals surface area contributed by atoms with E-state index in [1.807, 2.05) is 22.6 Å². The lowest BCUT2D eigenvalue weighted by Crippen LogP contribution is -2.25. The highest BCUT2D eigenvalue weighted by molar-refractivity contribution is 5.95. The summed E-state index contributed by atoms with van der Waals surface area (Å²) < 4.78 is 1.88. The minimum absolute atomic E-state index is 0.589. The van der Waals surface area contributed by atoms with Gasteiger partial charge in [0.05, 0.1) is 5.52 Å². The van der Waals surface area contributed by atoms with Crippen LogP contribution in [0.3, 0.4) is 0 Å². The number of aromatic nitrogens is 4. The van der Waals surface area contributed by atoms with Crippen molar-refractivity contribution in [3.63, 3.8) is 0 Å². The summed E-state index contributed by atoms with van der Waals surface area (Å²) >= 11 is 0. The van der Waals surface area contributed by atoms with Gasteiger partial charge in [0.25, 0.3) is 5.78 Å². The Hall–Kier alpha value is -3.15. The number of hydrogen-bond acceptors (Lipinski definition) is 5. The number of para-hydroxylation sites is 1. The third-order valence-electron chi connectivity index (χ3n) is 4.62. The molecule has 0 spiro atoms. The van der Waals surface area contributed by atoms with Gasteiger partial charge in [-0.3, -0.25) is 4.40 Å². The molecule has 0 amide bonds. The molecule has 1 aliphatic heterocycles. The Bertz CT molecular complexity index is 1070. The van der Waals surface area contributed by atoms with E-state index in [-0.39, 0.29) is 0 Å². The molecule has 24 heavy (non-hydrogen) atoms. The lowest BCUT2D eigenvalue weighted by Gasteiger charge is -2.31. The molecule has 0 aliphatic carbocycles. The third-order valence-corrected chi connectivity index (χ3v) is 4.62. The molecular formula is C18H16N6. The van der Waals surface area contributed by atoms with E-state index in [1.54, 1.807) is 6.33 Å². The zero-order valence-corrected chi connectivity index (χ0v) is 13.1. The molecule has 2 aromatic heterocycles. The fourth-order valence-electron chi connectivity index (χ4n) is 3.53. The van der Waals surface area contributed by atoms with Crippen LogP contribution in [0.4, 0.5) is 17.2 Å². The summed E-state index contributed by atoms with van der Waals surface area (Å²) in [7, 11) is 0. The second-order valence-corrected chi connectivity index (χ2v) is 6.10. The van der Waals surface area contributed by atoms with Gasteiger partial charge in [-0.2, -0.15) is 4.98 Å². The smallest absolute Gasteiger partial charge is 0.257 e. The molecule has 2 aromatic carbocycles. The minimum Gasteiger partial charge on any atom is -0.399 e. The summed E-state index contributed by atoms with van der Waals surface area (Å²) in [5.74, 6) is 1.50. The highest BCUT2D eigenvalue weighted by atomic mass is 15.3. The molecule has 0 saturated heterocycles. The average Bonchev–Trinajstić information content (AvgIpc) is 3.09. The largest absolute Gasteiger partial charge is 0.399 e. The summed E-state index contributed by atoms with van der Waals surface area (Å²) in [5.41, 5.74) is 10.3. The van der Waals surface area contributed by atoms with Crippen molar-refractivity contribution in [1.29, 1.82) is 0 Å². The van der Waals surface area contributed by atoms with Gasteiger partial charge in [-0.25, -0.2) is 0 Å². The lowest BCUT2D eigenvalue weighted by molar-refractivity contribution is 0.761. The van der Waals surface area contributed by atoms with E-state index in [2.05, 4.69) is 39.4 Å². The van der Waals surface area contributed by atoms with Crippen LogP contribution in [0.2, 0.25) is 0 Å². The van der Waals surface area contributed by atoms with Crippen LogP contribution in [-0.4, -0.2) is 26.1 Å². The van der Waals surface area contributed by atoms with E-state index in [1.165, 1.54) is 11.3 Å². The number of hydrogen-bond donors (Lipinski definition) is 1. The Balaban J connectivity index is 1.83. The highest BCUT2D eigenvalue weighted by Crippen LogP contribution is 2.36. The first-order valence-electron chi connectivity index (χ1n) is 8.06. The van der Waals surface area contributed by atoms with E-state index in [9.17, 15) is 0 Å². The molecule has 0 unspecified atom stereocenters. The van der Waals surface area contributed by atoms with Gasteiger partial charge in [-0.05, 0) is 42.7 Å². The number of nitrogens with zero attached hydrogens (tertiary/aromatic N) is 5. The van der Waals surface area contributed by atoms with Crippen molar-refractivity contribution in [1.82, 2.24) is 19.6 Å². The Morgan fingerprint density at radius 1 is 1.08 bits per heavy atom. The zero-order chi connectivity index (χ0) is 16.1. The Morgan fingerprint density at radius 2 is 2.00 bits per heavy atom. The molecule has 4 aromatic rings. The van der Waals surface area contributed by atoms with Crippen molar-refractivity contribution >= 4 is 33.9 Å². The second-order valence-electron chi connectivity index (χ2n) is 6.10. The number of nitrogen functional groups attached to an aromatic ring is 1. The van der Waals surface area contributed by atoms with Crippen LogP contribution in [-0.2, 0) is 6.42 Å². The number of anilines is 3. The van der Waals surface area contributed by atoms with E-state index < -0.39 is 0 Å². The van der Waals surface area contributed by atoms with Crippen molar-refractivity contribution in [2.75, 3.05) is 17.2 Å². The van der Waals surface area contributed by atoms with E-state index in [0.29, 0.717) is 11.5 Å². The van der Waals surface area contributed by atoms with Gasteiger partial charge in [0.15, 0.2) is 0 Å². The summed E-state index contributed by atoms with van der Waals surface area (Å²) in [4.78, 5) is 7.07. The number of fused-ring (bicyclic) bond motifs is 4. The van der Waals surface area contributed by atoms with Crippen LogP contribution in [0.1, 0.15) is 12.0 Å². The number of aryl methyl sites for hydroxylation is 1. The van der Waals surface area contributed by atoms with Crippen molar-refractivity contribution in [3.05, 3.63) is 54.4 Å². The minimum atomic E-state index is 0.589. The molecule has 0 fully saturated rings. The van der Waals surface area contributed by atoms with E-state index in [0.717, 1.165) is 36.1 Å². The monoisotopic (exact) mass is 316 g/mol. The fourth-order valence-corrected chi connectivity index (χ4v) is 3.53. The first kappa shape index (κ1) is 13.3. The Morgan fingerprint density at radius 3 is 2.96 bits per heavy atom. The molecule has 2 N–H and O–H groups in total. The maximum atomic E-state index is 6.00. The number of benzene rings is 2. The van der Waals surface area contributed by atoms with Gasteiger partial charge in [-0.15, -0.1) is 10.2 Å². The predicted molar refractivity (Wildman–Crippen MR) is 94.5 cm³/mol. The number of rotatable bonds is 1. The average molecular weight is 316 g/mol. The lowest BCUT2D eigenvalue weighted by atomic mass is 10.0. The molecule has 0 radical (unpaired) electrons. The summed E-state index contributed by atoms with van der Waals surface area (Å²) in [6.45, 7) is 0.938. The topological polar surface area (TPSA) is 72.3 Å². The maximum Gasteiger partial charge on any atom is 0.257 e. The first-order chi connectivity index (χ1) is 11.8. The van der Waals surface area contributed by atoms with Crippen LogP contribution in [0, 0.1) is 0 Å². The van der Waals surface area contributed by atoms with Gasteiger partial charge >= 0.3 is 0 Å². The standard InChI is InChI=1S/C18H16N6/c19-13-7-8-14-16(10-13)24-11-20-22-18(24)21-17(14)23-9-3-5-12-4-1-2-6-15(12)23/h1-2,4,6-8,10-11H,3,5,9,19H2. The van der Waals surface area contributed by atoms with Gasteiger partial charge < -0.3 is 10.6 Å². The molecule has 1 aliphatic rings. The van der Waals surface area contributed by atoms with Crippen LogP contribution in [0.25, 0.3) is 16.7 Å². The Kier molecular flexibility index (Phi) is 2.73. The van der Waals surface area contributed by atoms with Gasteiger partial charge in [0.2, 0.25) is 0 Å². The quantitative estimate of drug-likeness (QED) is 0.547. The molecule has 5 rings (SSSR count).